The standard InChI is InChI=1S/C20H17NO2S/c1-3-18-17-8-4-6-15-7-5-9-19(20(15)17)21(18)24(22,23)16-12-10-14(2)11-13-16/h3-13,18H,1H2,2H3/t18-/m0/s1. The first-order valence-corrected chi connectivity index (χ1v) is 9.23. The molecule has 0 bridgehead atoms. The molecule has 1 aliphatic heterocycles. The monoisotopic (exact) mass is 335 g/mol. The number of aryl methyl sites for hydroxylation is 1. The summed E-state index contributed by atoms with van der Waals surface area (Å²) in [5.41, 5.74) is 2.73. The topological polar surface area (TPSA) is 37.4 Å². The van der Waals surface area contributed by atoms with Crippen molar-refractivity contribution in [2.45, 2.75) is 17.9 Å². The molecule has 1 atom stereocenters. The van der Waals surface area contributed by atoms with E-state index in [0.717, 1.165) is 21.9 Å². The normalized spacial score (nSPS) is 16.5. The highest BCUT2D eigenvalue weighted by Gasteiger charge is 2.38. The van der Waals surface area contributed by atoms with E-state index >= 15 is 0 Å². The first kappa shape index (κ1) is 15.0. The number of rotatable bonds is 3. The van der Waals surface area contributed by atoms with Crippen LogP contribution in [-0.2, 0) is 10.0 Å². The molecule has 0 N–H and O–H groups in total. The zero-order valence-corrected chi connectivity index (χ0v) is 14.1. The van der Waals surface area contributed by atoms with Crippen LogP contribution in [0.5, 0.6) is 0 Å². The number of anilines is 1. The van der Waals surface area contributed by atoms with Crippen LogP contribution in [0.15, 0.2) is 78.2 Å². The number of hydrogen-bond acceptors (Lipinski definition) is 2. The zero-order chi connectivity index (χ0) is 16.9. The minimum atomic E-state index is -3.67. The van der Waals surface area contributed by atoms with Crippen molar-refractivity contribution in [1.82, 2.24) is 0 Å². The second-order valence-corrected chi connectivity index (χ2v) is 7.83. The van der Waals surface area contributed by atoms with Crippen LogP contribution in [0.25, 0.3) is 10.8 Å². The first-order valence-electron chi connectivity index (χ1n) is 7.79. The highest BCUT2D eigenvalue weighted by molar-refractivity contribution is 7.93. The quantitative estimate of drug-likeness (QED) is 0.657. The summed E-state index contributed by atoms with van der Waals surface area (Å²) in [7, 11) is -3.67. The smallest absolute Gasteiger partial charge is 0.254 e. The Kier molecular flexibility index (Phi) is 3.25. The van der Waals surface area contributed by atoms with Gasteiger partial charge < -0.3 is 0 Å². The Hall–Kier alpha value is -2.59. The van der Waals surface area contributed by atoms with Crippen molar-refractivity contribution < 1.29 is 8.42 Å². The van der Waals surface area contributed by atoms with Crippen LogP contribution >= 0.6 is 0 Å². The number of hydrogen-bond donors (Lipinski definition) is 0. The maximum atomic E-state index is 13.3. The van der Waals surface area contributed by atoms with Gasteiger partial charge in [-0.1, -0.05) is 54.1 Å². The van der Waals surface area contributed by atoms with E-state index in [4.69, 9.17) is 0 Å². The third kappa shape index (κ3) is 2.00. The molecule has 3 aromatic carbocycles. The van der Waals surface area contributed by atoms with Gasteiger partial charge in [-0.25, -0.2) is 8.42 Å². The zero-order valence-electron chi connectivity index (χ0n) is 13.3. The summed E-state index contributed by atoms with van der Waals surface area (Å²) in [6.07, 6.45) is 1.69. The molecule has 0 amide bonds. The molecule has 120 valence electrons. The minimum absolute atomic E-state index is 0.296. The van der Waals surface area contributed by atoms with E-state index in [1.807, 2.05) is 55.5 Å². The summed E-state index contributed by atoms with van der Waals surface area (Å²) in [6, 6.07) is 18.3. The minimum Gasteiger partial charge on any atom is -0.254 e. The average Bonchev–Trinajstić information content (AvgIpc) is 2.92. The third-order valence-electron chi connectivity index (χ3n) is 4.52. The molecule has 0 saturated carbocycles. The Morgan fingerprint density at radius 1 is 1.00 bits per heavy atom. The number of nitrogens with zero attached hydrogens (tertiary/aromatic N) is 1. The summed E-state index contributed by atoms with van der Waals surface area (Å²) in [6.45, 7) is 5.82. The second kappa shape index (κ2) is 5.21. The fraction of sp³-hybridized carbons (Fsp3) is 0.100. The summed E-state index contributed by atoms with van der Waals surface area (Å²) in [4.78, 5) is 0.296. The van der Waals surface area contributed by atoms with Crippen LogP contribution in [0.2, 0.25) is 0 Å². The molecule has 24 heavy (non-hydrogen) atoms. The summed E-state index contributed by atoms with van der Waals surface area (Å²) in [5.74, 6) is 0. The van der Waals surface area contributed by atoms with E-state index in [0.29, 0.717) is 10.6 Å². The molecular formula is C20H17NO2S. The highest BCUT2D eigenvalue weighted by atomic mass is 32.2. The molecule has 4 rings (SSSR count). The summed E-state index contributed by atoms with van der Waals surface area (Å²) < 4.78 is 28.1. The molecule has 0 unspecified atom stereocenters. The van der Waals surface area contributed by atoms with Gasteiger partial charge in [-0.15, -0.1) is 6.58 Å². The molecule has 0 fully saturated rings. The molecular weight excluding hydrogens is 318 g/mol. The molecule has 0 aromatic heterocycles. The number of benzene rings is 3. The van der Waals surface area contributed by atoms with Crippen molar-refractivity contribution in [3.05, 3.63) is 84.4 Å². The van der Waals surface area contributed by atoms with Crippen molar-refractivity contribution in [1.29, 1.82) is 0 Å². The van der Waals surface area contributed by atoms with Gasteiger partial charge in [0.2, 0.25) is 0 Å². The first-order chi connectivity index (χ1) is 11.5. The average molecular weight is 335 g/mol. The SMILES string of the molecule is C=C[C@H]1c2cccc3cccc(c23)N1S(=O)(=O)c1ccc(C)cc1. The van der Waals surface area contributed by atoms with Crippen LogP contribution in [0.1, 0.15) is 17.2 Å². The fourth-order valence-electron chi connectivity index (χ4n) is 3.38. The molecule has 0 saturated heterocycles. The summed E-state index contributed by atoms with van der Waals surface area (Å²) >= 11 is 0. The van der Waals surface area contributed by atoms with Gasteiger partial charge in [0.05, 0.1) is 16.6 Å². The maximum absolute atomic E-state index is 13.3. The van der Waals surface area contributed by atoms with E-state index < -0.39 is 16.1 Å². The molecule has 0 radical (unpaired) electrons. The lowest BCUT2D eigenvalue weighted by Crippen LogP contribution is -2.31. The Balaban J connectivity index is 1.97. The lowest BCUT2D eigenvalue weighted by atomic mass is 10.0. The van der Waals surface area contributed by atoms with Crippen molar-refractivity contribution >= 4 is 26.5 Å². The predicted molar refractivity (Wildman–Crippen MR) is 97.7 cm³/mol. The Morgan fingerprint density at radius 3 is 2.33 bits per heavy atom. The Bertz CT molecular complexity index is 1050. The van der Waals surface area contributed by atoms with Gasteiger partial charge in [0, 0.05) is 5.39 Å². The van der Waals surface area contributed by atoms with Gasteiger partial charge in [-0.3, -0.25) is 4.31 Å². The maximum Gasteiger partial charge on any atom is 0.265 e. The Morgan fingerprint density at radius 2 is 1.67 bits per heavy atom. The summed E-state index contributed by atoms with van der Waals surface area (Å²) in [5, 5.41) is 2.03. The van der Waals surface area contributed by atoms with E-state index in [1.165, 1.54) is 4.31 Å². The van der Waals surface area contributed by atoms with Crippen molar-refractivity contribution in [2.24, 2.45) is 0 Å². The highest BCUT2D eigenvalue weighted by Crippen LogP contribution is 2.47. The van der Waals surface area contributed by atoms with Gasteiger partial charge in [0.1, 0.15) is 0 Å². The molecule has 3 aromatic rings. The predicted octanol–water partition coefficient (Wildman–Crippen LogP) is 4.58. The van der Waals surface area contributed by atoms with E-state index in [9.17, 15) is 8.42 Å². The van der Waals surface area contributed by atoms with Crippen LogP contribution < -0.4 is 4.31 Å². The third-order valence-corrected chi connectivity index (χ3v) is 6.33. The van der Waals surface area contributed by atoms with Crippen molar-refractivity contribution in [3.63, 3.8) is 0 Å². The lowest BCUT2D eigenvalue weighted by Gasteiger charge is -2.25. The Labute approximate surface area is 141 Å². The molecule has 0 spiro atoms. The van der Waals surface area contributed by atoms with Crippen LogP contribution in [0.4, 0.5) is 5.69 Å². The molecule has 3 nitrogen and oxygen atoms in total. The van der Waals surface area contributed by atoms with Gasteiger partial charge in [-0.2, -0.15) is 0 Å². The number of sulfonamides is 1. The van der Waals surface area contributed by atoms with Crippen LogP contribution in [0.3, 0.4) is 0 Å². The largest absolute Gasteiger partial charge is 0.265 e. The molecule has 4 heteroatoms. The molecule has 1 aliphatic rings. The van der Waals surface area contributed by atoms with Gasteiger partial charge >= 0.3 is 0 Å². The van der Waals surface area contributed by atoms with Gasteiger partial charge in [0.15, 0.2) is 0 Å². The van der Waals surface area contributed by atoms with Crippen LogP contribution in [-0.4, -0.2) is 8.42 Å². The van der Waals surface area contributed by atoms with E-state index in [1.54, 1.807) is 18.2 Å². The van der Waals surface area contributed by atoms with E-state index in [-0.39, 0.29) is 0 Å². The van der Waals surface area contributed by atoms with Crippen molar-refractivity contribution in [2.75, 3.05) is 4.31 Å². The lowest BCUT2D eigenvalue weighted by molar-refractivity contribution is 0.588. The van der Waals surface area contributed by atoms with Crippen LogP contribution in [0, 0.1) is 6.92 Å². The fourth-order valence-corrected chi connectivity index (χ4v) is 5.00. The van der Waals surface area contributed by atoms with Gasteiger partial charge in [0.25, 0.3) is 10.0 Å². The van der Waals surface area contributed by atoms with E-state index in [2.05, 4.69) is 6.58 Å². The molecule has 0 aliphatic carbocycles. The van der Waals surface area contributed by atoms with Crippen molar-refractivity contribution in [3.8, 4) is 0 Å². The van der Waals surface area contributed by atoms with Gasteiger partial charge in [-0.05, 0) is 36.1 Å². The second-order valence-electron chi connectivity index (χ2n) is 6.02. The molecule has 1 heterocycles.